The SMILES string of the molecule is Cc1c(Cl)cccc1NC(=O)c1sc2ncnc(N3CCN(C)CC3)c2c1C. The van der Waals surface area contributed by atoms with E-state index in [0.717, 1.165) is 59.0 Å². The normalized spacial score (nSPS) is 15.2. The average molecular weight is 416 g/mol. The molecule has 1 aromatic carbocycles. The molecule has 0 atom stereocenters. The van der Waals surface area contributed by atoms with Gasteiger partial charge in [0.25, 0.3) is 5.91 Å². The lowest BCUT2D eigenvalue weighted by Crippen LogP contribution is -2.44. The van der Waals surface area contributed by atoms with Crippen LogP contribution in [0.5, 0.6) is 0 Å². The number of benzene rings is 1. The Morgan fingerprint density at radius 2 is 1.89 bits per heavy atom. The third-order valence-corrected chi connectivity index (χ3v) is 6.84. The van der Waals surface area contributed by atoms with E-state index in [0.29, 0.717) is 9.90 Å². The summed E-state index contributed by atoms with van der Waals surface area (Å²) in [5, 5.41) is 4.60. The lowest BCUT2D eigenvalue weighted by molar-refractivity contribution is 0.103. The Hall–Kier alpha value is -2.22. The molecule has 6 nitrogen and oxygen atoms in total. The van der Waals surface area contributed by atoms with Crippen LogP contribution in [0.15, 0.2) is 24.5 Å². The van der Waals surface area contributed by atoms with Crippen molar-refractivity contribution in [3.8, 4) is 0 Å². The molecule has 0 unspecified atom stereocenters. The summed E-state index contributed by atoms with van der Waals surface area (Å²) in [6.07, 6.45) is 1.59. The minimum atomic E-state index is -0.143. The van der Waals surface area contributed by atoms with Crippen molar-refractivity contribution in [3.63, 3.8) is 0 Å². The molecular formula is C20H22ClN5OS. The van der Waals surface area contributed by atoms with Gasteiger partial charge in [-0.25, -0.2) is 9.97 Å². The summed E-state index contributed by atoms with van der Waals surface area (Å²) in [5.74, 6) is 0.778. The van der Waals surface area contributed by atoms with E-state index in [1.807, 2.05) is 32.0 Å². The van der Waals surface area contributed by atoms with Gasteiger partial charge >= 0.3 is 0 Å². The molecule has 1 amide bonds. The molecule has 1 N–H and O–H groups in total. The zero-order chi connectivity index (χ0) is 19.8. The molecule has 8 heteroatoms. The Morgan fingerprint density at radius 1 is 1.14 bits per heavy atom. The standard InChI is InChI=1S/C20H22ClN5OS/c1-12-14(21)5-4-6-15(12)24-19(27)17-13(2)16-18(22-11-23-20(16)28-17)26-9-7-25(3)8-10-26/h4-6,11H,7-10H2,1-3H3,(H,24,27). The van der Waals surface area contributed by atoms with Gasteiger partial charge in [-0.15, -0.1) is 11.3 Å². The van der Waals surface area contributed by atoms with Gasteiger partial charge in [-0.05, 0) is 44.2 Å². The van der Waals surface area contributed by atoms with E-state index in [-0.39, 0.29) is 5.91 Å². The maximum absolute atomic E-state index is 13.0. The van der Waals surface area contributed by atoms with Crippen LogP contribution in [-0.2, 0) is 0 Å². The van der Waals surface area contributed by atoms with Crippen molar-refractivity contribution in [1.29, 1.82) is 0 Å². The molecule has 3 aromatic rings. The third kappa shape index (κ3) is 3.45. The Labute approximate surface area is 173 Å². The lowest BCUT2D eigenvalue weighted by Gasteiger charge is -2.33. The van der Waals surface area contributed by atoms with Crippen LogP contribution in [0, 0.1) is 13.8 Å². The largest absolute Gasteiger partial charge is 0.353 e. The van der Waals surface area contributed by atoms with Gasteiger partial charge in [0.1, 0.15) is 17.0 Å². The number of aromatic nitrogens is 2. The smallest absolute Gasteiger partial charge is 0.266 e. The summed E-state index contributed by atoms with van der Waals surface area (Å²) in [7, 11) is 2.13. The average Bonchev–Trinajstić information content (AvgIpc) is 3.03. The Kier molecular flexibility index (Phi) is 5.23. The third-order valence-electron chi connectivity index (χ3n) is 5.23. The second kappa shape index (κ2) is 7.66. The van der Waals surface area contributed by atoms with Crippen molar-refractivity contribution >= 4 is 50.6 Å². The molecule has 4 rings (SSSR count). The number of nitrogens with zero attached hydrogens (tertiary/aromatic N) is 4. The van der Waals surface area contributed by atoms with Crippen LogP contribution < -0.4 is 10.2 Å². The van der Waals surface area contributed by atoms with Crippen LogP contribution in [0.4, 0.5) is 11.5 Å². The number of likely N-dealkylation sites (N-methyl/N-ethyl adjacent to an activating group) is 1. The number of thiophene rings is 1. The molecule has 1 fully saturated rings. The predicted octanol–water partition coefficient (Wildman–Crippen LogP) is 3.97. The highest BCUT2D eigenvalue weighted by Crippen LogP contribution is 2.36. The number of piperazine rings is 1. The van der Waals surface area contributed by atoms with E-state index in [1.54, 1.807) is 6.33 Å². The zero-order valence-corrected chi connectivity index (χ0v) is 17.7. The maximum Gasteiger partial charge on any atom is 0.266 e. The molecule has 1 aliphatic rings. The van der Waals surface area contributed by atoms with Gasteiger partial charge in [0, 0.05) is 36.9 Å². The number of hydrogen-bond donors (Lipinski definition) is 1. The highest BCUT2D eigenvalue weighted by atomic mass is 35.5. The molecule has 0 aliphatic carbocycles. The number of carbonyl (C=O) groups is 1. The summed E-state index contributed by atoms with van der Waals surface area (Å²) in [6, 6.07) is 5.51. The monoisotopic (exact) mass is 415 g/mol. The molecule has 146 valence electrons. The quantitative estimate of drug-likeness (QED) is 0.701. The van der Waals surface area contributed by atoms with Crippen molar-refractivity contribution in [1.82, 2.24) is 14.9 Å². The fourth-order valence-electron chi connectivity index (χ4n) is 3.45. The maximum atomic E-state index is 13.0. The van der Waals surface area contributed by atoms with Gasteiger partial charge < -0.3 is 15.1 Å². The van der Waals surface area contributed by atoms with Gasteiger partial charge in [-0.2, -0.15) is 0 Å². The molecule has 0 spiro atoms. The van der Waals surface area contributed by atoms with Crippen molar-refractivity contribution in [2.24, 2.45) is 0 Å². The first-order valence-corrected chi connectivity index (χ1v) is 10.4. The molecule has 0 bridgehead atoms. The number of rotatable bonds is 3. The van der Waals surface area contributed by atoms with Crippen LogP contribution >= 0.6 is 22.9 Å². The van der Waals surface area contributed by atoms with Crippen molar-refractivity contribution in [2.75, 3.05) is 43.4 Å². The highest BCUT2D eigenvalue weighted by molar-refractivity contribution is 7.20. The van der Waals surface area contributed by atoms with E-state index in [4.69, 9.17) is 11.6 Å². The van der Waals surface area contributed by atoms with Gasteiger partial charge in [0.2, 0.25) is 0 Å². The second-order valence-corrected chi connectivity index (χ2v) is 8.50. The molecule has 3 heterocycles. The zero-order valence-electron chi connectivity index (χ0n) is 16.1. The van der Waals surface area contributed by atoms with Crippen molar-refractivity contribution < 1.29 is 4.79 Å². The van der Waals surface area contributed by atoms with Crippen molar-refractivity contribution in [2.45, 2.75) is 13.8 Å². The van der Waals surface area contributed by atoms with Gasteiger partial charge in [0.05, 0.1) is 10.3 Å². The number of amides is 1. The first-order chi connectivity index (χ1) is 13.5. The minimum absolute atomic E-state index is 0.143. The molecule has 2 aromatic heterocycles. The first kappa shape index (κ1) is 19.1. The van der Waals surface area contributed by atoms with Gasteiger partial charge in [-0.1, -0.05) is 17.7 Å². The number of carbonyl (C=O) groups excluding carboxylic acids is 1. The molecule has 0 radical (unpaired) electrons. The van der Waals surface area contributed by atoms with Gasteiger partial charge in [0.15, 0.2) is 0 Å². The molecule has 0 saturated carbocycles. The van der Waals surface area contributed by atoms with Gasteiger partial charge in [-0.3, -0.25) is 4.79 Å². The predicted molar refractivity (Wildman–Crippen MR) is 116 cm³/mol. The summed E-state index contributed by atoms with van der Waals surface area (Å²) >= 11 is 7.59. The number of anilines is 2. The summed E-state index contributed by atoms with van der Waals surface area (Å²) in [4.78, 5) is 28.1. The van der Waals surface area contributed by atoms with Crippen LogP contribution in [-0.4, -0.2) is 54.0 Å². The summed E-state index contributed by atoms with van der Waals surface area (Å²) in [6.45, 7) is 7.70. The van der Waals surface area contributed by atoms with Crippen LogP contribution in [0.25, 0.3) is 10.2 Å². The van der Waals surface area contributed by atoms with Crippen LogP contribution in [0.2, 0.25) is 5.02 Å². The van der Waals surface area contributed by atoms with E-state index < -0.39 is 0 Å². The summed E-state index contributed by atoms with van der Waals surface area (Å²) in [5.41, 5.74) is 2.50. The van der Waals surface area contributed by atoms with E-state index in [9.17, 15) is 4.79 Å². The fourth-order valence-corrected chi connectivity index (χ4v) is 4.66. The number of fused-ring (bicyclic) bond motifs is 1. The van der Waals surface area contributed by atoms with E-state index in [1.165, 1.54) is 11.3 Å². The minimum Gasteiger partial charge on any atom is -0.353 e. The number of aryl methyl sites for hydroxylation is 1. The molecule has 28 heavy (non-hydrogen) atoms. The van der Waals surface area contributed by atoms with Crippen molar-refractivity contribution in [3.05, 3.63) is 45.6 Å². The van der Waals surface area contributed by atoms with E-state index >= 15 is 0 Å². The first-order valence-electron chi connectivity index (χ1n) is 9.19. The number of halogens is 1. The Balaban J connectivity index is 1.69. The fraction of sp³-hybridized carbons (Fsp3) is 0.350. The van der Waals surface area contributed by atoms with Crippen LogP contribution in [0.1, 0.15) is 20.8 Å². The van der Waals surface area contributed by atoms with Crippen LogP contribution in [0.3, 0.4) is 0 Å². The molecule has 1 saturated heterocycles. The highest BCUT2D eigenvalue weighted by Gasteiger charge is 2.24. The topological polar surface area (TPSA) is 61.4 Å². The second-order valence-electron chi connectivity index (χ2n) is 7.09. The molecular weight excluding hydrogens is 394 g/mol. The Bertz CT molecular complexity index is 1040. The van der Waals surface area contributed by atoms with E-state index in [2.05, 4.69) is 32.1 Å². The summed E-state index contributed by atoms with van der Waals surface area (Å²) < 4.78 is 0. The molecule has 1 aliphatic heterocycles. The Morgan fingerprint density at radius 3 is 2.64 bits per heavy atom. The number of hydrogen-bond acceptors (Lipinski definition) is 6. The lowest BCUT2D eigenvalue weighted by atomic mass is 10.1. The number of nitrogens with one attached hydrogen (secondary N) is 1.